The van der Waals surface area contributed by atoms with Gasteiger partial charge >= 0.3 is 11.9 Å². The average Bonchev–Trinajstić information content (AvgIpc) is 2.67. The molecule has 0 unspecified atom stereocenters. The molecule has 0 N–H and O–H groups in total. The Morgan fingerprint density at radius 3 is 1.85 bits per heavy atom. The lowest BCUT2D eigenvalue weighted by molar-refractivity contribution is -0.160. The van der Waals surface area contributed by atoms with Gasteiger partial charge in [0.15, 0.2) is 0 Å². The summed E-state index contributed by atoms with van der Waals surface area (Å²) in [5, 5.41) is 0. The number of rotatable bonds is 0. The first-order valence-electron chi connectivity index (χ1n) is 4.68. The first-order valence-corrected chi connectivity index (χ1v) is 4.68. The molecule has 2 saturated heterocycles. The summed E-state index contributed by atoms with van der Waals surface area (Å²) in [6, 6.07) is 0. The molecule has 0 amide bonds. The van der Waals surface area contributed by atoms with E-state index >= 15 is 0 Å². The number of hydrogen-bond donors (Lipinski definition) is 0. The van der Waals surface area contributed by atoms with Gasteiger partial charge in [0, 0.05) is 11.8 Å². The SMILES string of the molecule is O=C1O[C@@H]2[C@H]3C[C@H]4[C@@H]2OC(=O)[C@@H]4[C@@H]13. The molecule has 2 saturated carbocycles. The van der Waals surface area contributed by atoms with Crippen LogP contribution in [0, 0.1) is 23.7 Å². The van der Waals surface area contributed by atoms with Crippen molar-refractivity contribution in [2.45, 2.75) is 18.6 Å². The molecular weight excluding hydrogens is 172 g/mol. The number of carbonyl (C=O) groups excluding carboxylic acids is 2. The van der Waals surface area contributed by atoms with Crippen molar-refractivity contribution in [2.75, 3.05) is 0 Å². The van der Waals surface area contributed by atoms with E-state index in [4.69, 9.17) is 9.47 Å². The Morgan fingerprint density at radius 2 is 1.38 bits per heavy atom. The molecule has 2 heterocycles. The maximum atomic E-state index is 11.4. The summed E-state index contributed by atoms with van der Waals surface area (Å²) in [6.45, 7) is 0. The van der Waals surface area contributed by atoms with E-state index < -0.39 is 0 Å². The predicted octanol–water partition coefficient (Wildman–Crippen LogP) is -0.281. The highest BCUT2D eigenvalue weighted by Crippen LogP contribution is 2.62. The zero-order valence-electron chi connectivity index (χ0n) is 6.80. The van der Waals surface area contributed by atoms with Crippen LogP contribution in [0.15, 0.2) is 0 Å². The third-order valence-electron chi connectivity index (χ3n) is 4.07. The van der Waals surface area contributed by atoms with Crippen LogP contribution in [-0.2, 0) is 19.1 Å². The van der Waals surface area contributed by atoms with Crippen LogP contribution in [0.25, 0.3) is 0 Å². The first kappa shape index (κ1) is 6.40. The molecule has 4 heteroatoms. The molecule has 2 aliphatic heterocycles. The van der Waals surface area contributed by atoms with Gasteiger partial charge in [-0.05, 0) is 6.42 Å². The van der Waals surface area contributed by atoms with Crippen molar-refractivity contribution >= 4 is 11.9 Å². The molecule has 4 fully saturated rings. The largest absolute Gasteiger partial charge is 0.458 e. The fraction of sp³-hybridized carbons (Fsp3) is 0.778. The van der Waals surface area contributed by atoms with E-state index in [1.807, 2.05) is 0 Å². The number of fused-ring (bicyclic) bond motifs is 2. The van der Waals surface area contributed by atoms with Crippen LogP contribution >= 0.6 is 0 Å². The van der Waals surface area contributed by atoms with Crippen molar-refractivity contribution in [2.24, 2.45) is 23.7 Å². The zero-order valence-corrected chi connectivity index (χ0v) is 6.80. The molecule has 0 aromatic carbocycles. The Hall–Kier alpha value is -1.06. The molecule has 0 spiro atoms. The van der Waals surface area contributed by atoms with Crippen molar-refractivity contribution in [3.63, 3.8) is 0 Å². The first-order chi connectivity index (χ1) is 6.27. The number of esters is 2. The topological polar surface area (TPSA) is 52.6 Å². The normalized spacial score (nSPS) is 60.0. The minimum atomic E-state index is -0.166. The Bertz CT molecular complexity index is 301. The summed E-state index contributed by atoms with van der Waals surface area (Å²) in [6.07, 6.45) is 0.734. The van der Waals surface area contributed by atoms with Gasteiger partial charge < -0.3 is 9.47 Å². The van der Waals surface area contributed by atoms with Crippen molar-refractivity contribution in [3.8, 4) is 0 Å². The quantitative estimate of drug-likeness (QED) is 0.481. The van der Waals surface area contributed by atoms with E-state index in [0.717, 1.165) is 6.42 Å². The molecule has 6 atom stereocenters. The van der Waals surface area contributed by atoms with Crippen molar-refractivity contribution in [3.05, 3.63) is 0 Å². The van der Waals surface area contributed by atoms with Crippen LogP contribution < -0.4 is 0 Å². The third kappa shape index (κ3) is 0.474. The van der Waals surface area contributed by atoms with Crippen LogP contribution in [-0.4, -0.2) is 24.1 Å². The van der Waals surface area contributed by atoms with Crippen molar-refractivity contribution in [1.29, 1.82) is 0 Å². The van der Waals surface area contributed by atoms with Gasteiger partial charge in [-0.3, -0.25) is 9.59 Å². The van der Waals surface area contributed by atoms with Gasteiger partial charge in [-0.2, -0.15) is 0 Å². The molecule has 0 radical (unpaired) electrons. The minimum Gasteiger partial charge on any atom is -0.458 e. The van der Waals surface area contributed by atoms with Gasteiger partial charge in [0.2, 0.25) is 0 Å². The van der Waals surface area contributed by atoms with Gasteiger partial charge in [0.1, 0.15) is 12.2 Å². The lowest BCUT2D eigenvalue weighted by atomic mass is 9.81. The van der Waals surface area contributed by atoms with E-state index in [-0.39, 0.29) is 47.8 Å². The highest BCUT2D eigenvalue weighted by Gasteiger charge is 2.73. The maximum Gasteiger partial charge on any atom is 0.310 e. The van der Waals surface area contributed by atoms with E-state index in [2.05, 4.69) is 0 Å². The fourth-order valence-corrected chi connectivity index (χ4v) is 3.68. The molecule has 2 aliphatic carbocycles. The predicted molar refractivity (Wildman–Crippen MR) is 38.3 cm³/mol. The minimum absolute atomic E-state index is 0.106. The molecule has 4 aliphatic rings. The summed E-state index contributed by atoms with van der Waals surface area (Å²) in [4.78, 5) is 22.8. The average molecular weight is 180 g/mol. The second kappa shape index (κ2) is 1.61. The van der Waals surface area contributed by atoms with Crippen molar-refractivity contribution < 1.29 is 19.1 Å². The Balaban J connectivity index is 1.94. The second-order valence-corrected chi connectivity index (χ2v) is 4.42. The van der Waals surface area contributed by atoms with E-state index in [0.29, 0.717) is 0 Å². The van der Waals surface area contributed by atoms with Crippen molar-refractivity contribution in [1.82, 2.24) is 0 Å². The molecule has 0 aromatic rings. The summed E-state index contributed by atoms with van der Waals surface area (Å²) in [7, 11) is 0. The molecule has 4 rings (SSSR count). The Kier molecular flexibility index (Phi) is 0.791. The Labute approximate surface area is 74.2 Å². The van der Waals surface area contributed by atoms with E-state index in [1.54, 1.807) is 0 Å². The highest BCUT2D eigenvalue weighted by molar-refractivity contribution is 5.88. The van der Waals surface area contributed by atoms with Crippen LogP contribution in [0.1, 0.15) is 6.42 Å². The van der Waals surface area contributed by atoms with Crippen LogP contribution in [0.4, 0.5) is 0 Å². The van der Waals surface area contributed by atoms with Gasteiger partial charge in [0.05, 0.1) is 11.8 Å². The van der Waals surface area contributed by atoms with Gasteiger partial charge in [-0.15, -0.1) is 0 Å². The van der Waals surface area contributed by atoms with E-state index in [9.17, 15) is 9.59 Å². The highest BCUT2D eigenvalue weighted by atomic mass is 16.6. The standard InChI is InChI=1S/C9H8O4/c10-8-4-2-1-3-5(4)9(11)13-7(3)6(2)12-8/h2-7H,1H2/t2-,3+,4-,5-,6+,7-/m0/s1. The molecule has 0 aromatic heterocycles. The summed E-state index contributed by atoms with van der Waals surface area (Å²) in [5.74, 6) is -0.108. The number of carbonyl (C=O) groups is 2. The monoisotopic (exact) mass is 180 g/mol. The fourth-order valence-electron chi connectivity index (χ4n) is 3.68. The van der Waals surface area contributed by atoms with E-state index in [1.165, 1.54) is 0 Å². The van der Waals surface area contributed by atoms with Gasteiger partial charge in [0.25, 0.3) is 0 Å². The lowest BCUT2D eigenvalue weighted by Gasteiger charge is -2.17. The molecule has 68 valence electrons. The van der Waals surface area contributed by atoms with Gasteiger partial charge in [-0.1, -0.05) is 0 Å². The summed E-state index contributed by atoms with van der Waals surface area (Å²) < 4.78 is 10.4. The van der Waals surface area contributed by atoms with Crippen LogP contribution in [0.2, 0.25) is 0 Å². The summed E-state index contributed by atoms with van der Waals surface area (Å²) in [5.41, 5.74) is 0. The van der Waals surface area contributed by atoms with Gasteiger partial charge in [-0.25, -0.2) is 0 Å². The van der Waals surface area contributed by atoms with Crippen LogP contribution in [0.5, 0.6) is 0 Å². The smallest absolute Gasteiger partial charge is 0.310 e. The second-order valence-electron chi connectivity index (χ2n) is 4.42. The zero-order chi connectivity index (χ0) is 8.74. The maximum absolute atomic E-state index is 11.4. The molecule has 13 heavy (non-hydrogen) atoms. The van der Waals surface area contributed by atoms with Crippen LogP contribution in [0.3, 0.4) is 0 Å². The third-order valence-corrected chi connectivity index (χ3v) is 4.07. The lowest BCUT2D eigenvalue weighted by Crippen LogP contribution is -2.31. The number of hydrogen-bond acceptors (Lipinski definition) is 4. The molecule has 4 nitrogen and oxygen atoms in total. The molecule has 2 bridgehead atoms. The summed E-state index contributed by atoms with van der Waals surface area (Å²) >= 11 is 0. The number of ether oxygens (including phenoxy) is 2. The Morgan fingerprint density at radius 1 is 0.923 bits per heavy atom. The molecular formula is C9H8O4.